The van der Waals surface area contributed by atoms with Crippen molar-refractivity contribution in [2.24, 2.45) is 0 Å². The third-order valence-corrected chi connectivity index (χ3v) is 3.04. The molecular formula is C14H14N2. The Balaban J connectivity index is 2.14. The van der Waals surface area contributed by atoms with Gasteiger partial charge in [-0.1, -0.05) is 12.1 Å². The lowest BCUT2D eigenvalue weighted by atomic mass is 9.99. The summed E-state index contributed by atoms with van der Waals surface area (Å²) in [6.07, 6.45) is 4.42. The van der Waals surface area contributed by atoms with Crippen molar-refractivity contribution in [3.63, 3.8) is 0 Å². The number of aromatic nitrogens is 1. The number of rotatable bonds is 2. The number of pyridine rings is 1. The van der Waals surface area contributed by atoms with Crippen LogP contribution < -0.4 is 5.73 Å². The zero-order valence-corrected chi connectivity index (χ0v) is 9.06. The van der Waals surface area contributed by atoms with Gasteiger partial charge in [-0.25, -0.2) is 0 Å². The summed E-state index contributed by atoms with van der Waals surface area (Å²) < 4.78 is 0. The van der Waals surface area contributed by atoms with Gasteiger partial charge in [-0.3, -0.25) is 4.98 Å². The first kappa shape index (κ1) is 9.40. The first-order chi connectivity index (χ1) is 7.84. The molecule has 1 aromatic heterocycles. The van der Waals surface area contributed by atoms with E-state index in [4.69, 9.17) is 5.73 Å². The van der Waals surface area contributed by atoms with Gasteiger partial charge in [-0.2, -0.15) is 0 Å². The Kier molecular flexibility index (Phi) is 2.13. The summed E-state index contributed by atoms with van der Waals surface area (Å²) in [5.41, 5.74) is 10.3. The Morgan fingerprint density at radius 1 is 1.12 bits per heavy atom. The third-order valence-electron chi connectivity index (χ3n) is 3.04. The molecule has 16 heavy (non-hydrogen) atoms. The van der Waals surface area contributed by atoms with E-state index in [1.54, 1.807) is 0 Å². The molecule has 80 valence electrons. The fourth-order valence-electron chi connectivity index (χ4n) is 2.07. The molecule has 0 amide bonds. The number of hydrogen-bond donors (Lipinski definition) is 1. The van der Waals surface area contributed by atoms with Crippen LogP contribution in [0.15, 0.2) is 42.6 Å². The molecule has 1 aliphatic carbocycles. The van der Waals surface area contributed by atoms with Gasteiger partial charge in [-0.05, 0) is 48.6 Å². The molecule has 0 aliphatic heterocycles. The molecule has 1 fully saturated rings. The van der Waals surface area contributed by atoms with Crippen molar-refractivity contribution in [3.8, 4) is 11.3 Å². The first-order valence-electron chi connectivity index (χ1n) is 5.65. The molecule has 2 aromatic rings. The van der Waals surface area contributed by atoms with Crippen LogP contribution in [0.5, 0.6) is 0 Å². The van der Waals surface area contributed by atoms with Crippen LogP contribution in [0.2, 0.25) is 0 Å². The van der Waals surface area contributed by atoms with Gasteiger partial charge in [0.05, 0.1) is 5.69 Å². The highest BCUT2D eigenvalue weighted by molar-refractivity contribution is 5.69. The summed E-state index contributed by atoms with van der Waals surface area (Å²) in [4.78, 5) is 4.41. The van der Waals surface area contributed by atoms with Crippen molar-refractivity contribution in [1.82, 2.24) is 4.98 Å². The third kappa shape index (κ3) is 1.67. The van der Waals surface area contributed by atoms with Crippen LogP contribution in [-0.2, 0) is 0 Å². The Hall–Kier alpha value is -1.83. The molecule has 0 saturated heterocycles. The molecule has 0 radical (unpaired) electrons. The maximum Gasteiger partial charge on any atom is 0.0705 e. The first-order valence-corrected chi connectivity index (χ1v) is 5.65. The second kappa shape index (κ2) is 3.63. The molecule has 1 heterocycles. The quantitative estimate of drug-likeness (QED) is 0.773. The summed E-state index contributed by atoms with van der Waals surface area (Å²) >= 11 is 0. The van der Waals surface area contributed by atoms with Gasteiger partial charge in [0.2, 0.25) is 0 Å². The zero-order valence-electron chi connectivity index (χ0n) is 9.06. The number of hydrogen-bond acceptors (Lipinski definition) is 2. The van der Waals surface area contributed by atoms with Crippen molar-refractivity contribution in [2.45, 2.75) is 18.8 Å². The largest absolute Gasteiger partial charge is 0.399 e. The van der Waals surface area contributed by atoms with Gasteiger partial charge >= 0.3 is 0 Å². The predicted octanol–water partition coefficient (Wildman–Crippen LogP) is 3.21. The number of anilines is 1. The minimum absolute atomic E-state index is 0.720. The van der Waals surface area contributed by atoms with Crippen molar-refractivity contribution < 1.29 is 0 Å². The highest BCUT2D eigenvalue weighted by atomic mass is 14.7. The molecule has 3 rings (SSSR count). The fraction of sp³-hybridized carbons (Fsp3) is 0.214. The molecule has 0 bridgehead atoms. The fourth-order valence-corrected chi connectivity index (χ4v) is 2.07. The van der Waals surface area contributed by atoms with Crippen LogP contribution in [0.25, 0.3) is 11.3 Å². The average molecular weight is 210 g/mol. The molecule has 2 N–H and O–H groups in total. The normalized spacial score (nSPS) is 15.0. The Morgan fingerprint density at radius 2 is 2.00 bits per heavy atom. The standard InChI is InChI=1S/C14H14N2/c15-11-6-7-12(10-4-5-10)13(9-11)14-3-1-2-8-16-14/h1-3,6-10H,4-5,15H2. The predicted molar refractivity (Wildman–Crippen MR) is 66.1 cm³/mol. The van der Waals surface area contributed by atoms with Crippen LogP contribution in [0.1, 0.15) is 24.3 Å². The van der Waals surface area contributed by atoms with Crippen molar-refractivity contribution in [1.29, 1.82) is 0 Å². The van der Waals surface area contributed by atoms with E-state index in [1.165, 1.54) is 24.0 Å². The van der Waals surface area contributed by atoms with Gasteiger partial charge in [0.1, 0.15) is 0 Å². The lowest BCUT2D eigenvalue weighted by Crippen LogP contribution is -1.92. The molecule has 1 aromatic carbocycles. The topological polar surface area (TPSA) is 38.9 Å². The average Bonchev–Trinajstić information content (AvgIpc) is 3.14. The number of nitrogens with zero attached hydrogens (tertiary/aromatic N) is 1. The van der Waals surface area contributed by atoms with E-state index >= 15 is 0 Å². The lowest BCUT2D eigenvalue weighted by Gasteiger charge is -2.09. The minimum Gasteiger partial charge on any atom is -0.399 e. The molecule has 0 atom stereocenters. The second-order valence-electron chi connectivity index (χ2n) is 4.34. The molecule has 2 nitrogen and oxygen atoms in total. The van der Waals surface area contributed by atoms with Crippen molar-refractivity contribution in [3.05, 3.63) is 48.2 Å². The van der Waals surface area contributed by atoms with E-state index in [1.807, 2.05) is 36.5 Å². The van der Waals surface area contributed by atoms with Gasteiger partial charge in [-0.15, -0.1) is 0 Å². The van der Waals surface area contributed by atoms with Crippen LogP contribution in [-0.4, -0.2) is 4.98 Å². The summed E-state index contributed by atoms with van der Waals surface area (Å²) in [5.74, 6) is 0.720. The van der Waals surface area contributed by atoms with Crippen molar-refractivity contribution >= 4 is 5.69 Å². The molecule has 2 heteroatoms. The van der Waals surface area contributed by atoms with E-state index in [0.717, 1.165) is 17.3 Å². The van der Waals surface area contributed by atoms with E-state index in [9.17, 15) is 0 Å². The van der Waals surface area contributed by atoms with Crippen LogP contribution in [0.4, 0.5) is 5.69 Å². The van der Waals surface area contributed by atoms with Gasteiger partial charge in [0, 0.05) is 17.4 Å². The van der Waals surface area contributed by atoms with E-state index < -0.39 is 0 Å². The lowest BCUT2D eigenvalue weighted by molar-refractivity contribution is 1.13. The summed E-state index contributed by atoms with van der Waals surface area (Å²) in [6, 6.07) is 12.2. The highest BCUT2D eigenvalue weighted by Gasteiger charge is 2.26. The smallest absolute Gasteiger partial charge is 0.0705 e. The molecule has 1 aliphatic rings. The number of benzene rings is 1. The maximum absolute atomic E-state index is 5.86. The van der Waals surface area contributed by atoms with Crippen LogP contribution in [0, 0.1) is 0 Å². The number of nitrogen functional groups attached to an aromatic ring is 1. The van der Waals surface area contributed by atoms with Gasteiger partial charge in [0.25, 0.3) is 0 Å². The monoisotopic (exact) mass is 210 g/mol. The maximum atomic E-state index is 5.86. The Morgan fingerprint density at radius 3 is 2.69 bits per heavy atom. The minimum atomic E-state index is 0.720. The summed E-state index contributed by atoms with van der Waals surface area (Å²) in [5, 5.41) is 0. The summed E-state index contributed by atoms with van der Waals surface area (Å²) in [7, 11) is 0. The van der Waals surface area contributed by atoms with Crippen LogP contribution in [0.3, 0.4) is 0 Å². The summed E-state index contributed by atoms with van der Waals surface area (Å²) in [6.45, 7) is 0. The molecule has 0 spiro atoms. The van der Waals surface area contributed by atoms with E-state index in [-0.39, 0.29) is 0 Å². The number of nitrogens with two attached hydrogens (primary N) is 1. The Bertz CT molecular complexity index is 501. The second-order valence-corrected chi connectivity index (χ2v) is 4.34. The Labute approximate surface area is 95.1 Å². The highest BCUT2D eigenvalue weighted by Crippen LogP contribution is 2.44. The van der Waals surface area contributed by atoms with Gasteiger partial charge < -0.3 is 5.73 Å². The van der Waals surface area contributed by atoms with Crippen molar-refractivity contribution in [2.75, 3.05) is 5.73 Å². The zero-order chi connectivity index (χ0) is 11.0. The molecule has 1 saturated carbocycles. The molecule has 0 unspecified atom stereocenters. The van der Waals surface area contributed by atoms with E-state index in [2.05, 4.69) is 11.1 Å². The SMILES string of the molecule is Nc1ccc(C2CC2)c(-c2ccccn2)c1. The van der Waals surface area contributed by atoms with E-state index in [0.29, 0.717) is 0 Å². The van der Waals surface area contributed by atoms with Gasteiger partial charge in [0.15, 0.2) is 0 Å². The van der Waals surface area contributed by atoms with Crippen LogP contribution >= 0.6 is 0 Å². The molecular weight excluding hydrogens is 196 g/mol.